The van der Waals surface area contributed by atoms with Gasteiger partial charge >= 0.3 is 0 Å². The normalized spacial score (nSPS) is 32.3. The van der Waals surface area contributed by atoms with E-state index in [0.29, 0.717) is 11.2 Å². The lowest BCUT2D eigenvalue weighted by atomic mass is 9.67. The van der Waals surface area contributed by atoms with Crippen molar-refractivity contribution in [1.82, 2.24) is 0 Å². The van der Waals surface area contributed by atoms with Gasteiger partial charge in [0.15, 0.2) is 0 Å². The second-order valence-electron chi connectivity index (χ2n) is 4.60. The summed E-state index contributed by atoms with van der Waals surface area (Å²) in [4.78, 5) is 11.6. The van der Waals surface area contributed by atoms with Gasteiger partial charge in [-0.3, -0.25) is 4.79 Å². The van der Waals surface area contributed by atoms with E-state index in [0.717, 1.165) is 12.8 Å². The van der Waals surface area contributed by atoms with Crippen molar-refractivity contribution in [3.8, 4) is 0 Å². The zero-order chi connectivity index (χ0) is 9.31. The molecule has 13 heavy (non-hydrogen) atoms. The van der Waals surface area contributed by atoms with Crippen molar-refractivity contribution in [1.29, 1.82) is 0 Å². The van der Waals surface area contributed by atoms with Crippen LogP contribution in [0.2, 0.25) is 0 Å². The Morgan fingerprint density at radius 3 is 2.54 bits per heavy atom. The number of hydrogen-bond acceptors (Lipinski definition) is 1. The first kappa shape index (κ1) is 8.98. The van der Waals surface area contributed by atoms with Crippen LogP contribution in [0.3, 0.4) is 0 Å². The van der Waals surface area contributed by atoms with Gasteiger partial charge in [-0.25, -0.2) is 0 Å². The summed E-state index contributed by atoms with van der Waals surface area (Å²) in [5, 5.41) is 0. The number of Topliss-reactive ketones (excluding diaryl/α,β-unsaturated/α-hetero) is 1. The molecule has 72 valence electrons. The molecule has 0 bridgehead atoms. The minimum atomic E-state index is 0.188. The second-order valence-corrected chi connectivity index (χ2v) is 4.60. The number of hydrogen-bond donors (Lipinski definition) is 0. The van der Waals surface area contributed by atoms with Gasteiger partial charge in [-0.05, 0) is 24.7 Å². The monoisotopic (exact) mass is 178 g/mol. The van der Waals surface area contributed by atoms with E-state index in [4.69, 9.17) is 0 Å². The van der Waals surface area contributed by atoms with Crippen molar-refractivity contribution in [2.45, 2.75) is 44.9 Å². The third-order valence-electron chi connectivity index (χ3n) is 3.96. The van der Waals surface area contributed by atoms with Gasteiger partial charge in [0.1, 0.15) is 5.78 Å². The van der Waals surface area contributed by atoms with Crippen molar-refractivity contribution in [2.24, 2.45) is 11.3 Å². The molecule has 2 aliphatic rings. The molecule has 1 heteroatoms. The Morgan fingerprint density at radius 2 is 1.92 bits per heavy atom. The van der Waals surface area contributed by atoms with Gasteiger partial charge in [-0.1, -0.05) is 25.3 Å². The molecule has 0 aromatic rings. The summed E-state index contributed by atoms with van der Waals surface area (Å²) >= 11 is 0. The largest absolute Gasteiger partial charge is 0.299 e. The molecule has 2 rings (SSSR count). The molecule has 1 atom stereocenters. The third-order valence-corrected chi connectivity index (χ3v) is 3.96. The maximum atomic E-state index is 11.6. The predicted octanol–water partition coefficient (Wildman–Crippen LogP) is 3.10. The Hall–Kier alpha value is -0.590. The predicted molar refractivity (Wildman–Crippen MR) is 53.4 cm³/mol. The molecule has 2 saturated carbocycles. The molecule has 2 fully saturated rings. The lowest BCUT2D eigenvalue weighted by Gasteiger charge is -2.36. The van der Waals surface area contributed by atoms with Gasteiger partial charge in [0.05, 0.1) is 0 Å². The quantitative estimate of drug-likeness (QED) is 0.564. The Kier molecular flexibility index (Phi) is 2.27. The standard InChI is InChI=1S/C12H18O/c1-2-10-11(13)6-9-12(10)7-4-3-5-8-12/h2,10H,1,3-9H2. The molecule has 0 radical (unpaired) electrons. The first-order valence-corrected chi connectivity index (χ1v) is 5.44. The highest BCUT2D eigenvalue weighted by atomic mass is 16.1. The van der Waals surface area contributed by atoms with Gasteiger partial charge in [0, 0.05) is 12.3 Å². The van der Waals surface area contributed by atoms with Gasteiger partial charge < -0.3 is 0 Å². The van der Waals surface area contributed by atoms with Crippen LogP contribution in [0.4, 0.5) is 0 Å². The van der Waals surface area contributed by atoms with Crippen molar-refractivity contribution in [2.75, 3.05) is 0 Å². The van der Waals surface area contributed by atoms with Crippen LogP contribution in [0, 0.1) is 11.3 Å². The van der Waals surface area contributed by atoms with Crippen LogP contribution >= 0.6 is 0 Å². The maximum absolute atomic E-state index is 11.6. The minimum Gasteiger partial charge on any atom is -0.299 e. The van der Waals surface area contributed by atoms with E-state index in [-0.39, 0.29) is 5.92 Å². The van der Waals surface area contributed by atoms with Gasteiger partial charge in [0.25, 0.3) is 0 Å². The fraction of sp³-hybridized carbons (Fsp3) is 0.750. The van der Waals surface area contributed by atoms with Gasteiger partial charge in [0.2, 0.25) is 0 Å². The van der Waals surface area contributed by atoms with E-state index in [1.165, 1.54) is 32.1 Å². The van der Waals surface area contributed by atoms with E-state index in [9.17, 15) is 4.79 Å². The van der Waals surface area contributed by atoms with Crippen LogP contribution in [-0.4, -0.2) is 5.78 Å². The highest BCUT2D eigenvalue weighted by Gasteiger charge is 2.46. The summed E-state index contributed by atoms with van der Waals surface area (Å²) in [6, 6.07) is 0. The number of ketones is 1. The average molecular weight is 178 g/mol. The van der Waals surface area contributed by atoms with Crippen LogP contribution in [0.15, 0.2) is 12.7 Å². The topological polar surface area (TPSA) is 17.1 Å². The third kappa shape index (κ3) is 1.34. The summed E-state index contributed by atoms with van der Waals surface area (Å²) in [6.45, 7) is 3.82. The fourth-order valence-corrected chi connectivity index (χ4v) is 3.22. The fourth-order valence-electron chi connectivity index (χ4n) is 3.22. The Labute approximate surface area is 80.2 Å². The number of carbonyl (C=O) groups is 1. The Morgan fingerprint density at radius 1 is 1.23 bits per heavy atom. The number of carbonyl (C=O) groups excluding carboxylic acids is 1. The molecule has 0 heterocycles. The molecular weight excluding hydrogens is 160 g/mol. The molecule has 0 aliphatic heterocycles. The van der Waals surface area contributed by atoms with Gasteiger partial charge in [-0.2, -0.15) is 0 Å². The lowest BCUT2D eigenvalue weighted by molar-refractivity contribution is -0.121. The molecule has 0 amide bonds. The van der Waals surface area contributed by atoms with E-state index >= 15 is 0 Å². The lowest BCUT2D eigenvalue weighted by Crippen LogP contribution is -2.29. The Bertz CT molecular complexity index is 223. The zero-order valence-electron chi connectivity index (χ0n) is 8.22. The Balaban J connectivity index is 2.20. The summed E-state index contributed by atoms with van der Waals surface area (Å²) in [7, 11) is 0. The van der Waals surface area contributed by atoms with Crippen molar-refractivity contribution < 1.29 is 4.79 Å². The van der Waals surface area contributed by atoms with E-state index < -0.39 is 0 Å². The van der Waals surface area contributed by atoms with Crippen LogP contribution in [0.5, 0.6) is 0 Å². The smallest absolute Gasteiger partial charge is 0.140 e. The van der Waals surface area contributed by atoms with Gasteiger partial charge in [-0.15, -0.1) is 6.58 Å². The summed E-state index contributed by atoms with van der Waals surface area (Å²) in [5.74, 6) is 0.629. The van der Waals surface area contributed by atoms with Crippen molar-refractivity contribution in [3.63, 3.8) is 0 Å². The molecule has 1 nitrogen and oxygen atoms in total. The highest BCUT2D eigenvalue weighted by molar-refractivity contribution is 5.85. The summed E-state index contributed by atoms with van der Waals surface area (Å²) in [5.41, 5.74) is 0.344. The molecule has 1 unspecified atom stereocenters. The van der Waals surface area contributed by atoms with Crippen LogP contribution in [0.25, 0.3) is 0 Å². The molecule has 2 aliphatic carbocycles. The van der Waals surface area contributed by atoms with E-state index in [1.54, 1.807) is 0 Å². The summed E-state index contributed by atoms with van der Waals surface area (Å²) < 4.78 is 0. The maximum Gasteiger partial charge on any atom is 0.140 e. The molecule has 1 spiro atoms. The van der Waals surface area contributed by atoms with Crippen molar-refractivity contribution >= 4 is 5.78 Å². The van der Waals surface area contributed by atoms with E-state index in [2.05, 4.69) is 6.58 Å². The zero-order valence-corrected chi connectivity index (χ0v) is 8.22. The average Bonchev–Trinajstić information content (AvgIpc) is 2.45. The molecule has 0 N–H and O–H groups in total. The highest BCUT2D eigenvalue weighted by Crippen LogP contribution is 2.51. The molecule has 0 aromatic heterocycles. The second kappa shape index (κ2) is 3.28. The minimum absolute atomic E-state index is 0.188. The first-order valence-electron chi connectivity index (χ1n) is 5.44. The van der Waals surface area contributed by atoms with Crippen molar-refractivity contribution in [3.05, 3.63) is 12.7 Å². The van der Waals surface area contributed by atoms with Crippen LogP contribution in [0.1, 0.15) is 44.9 Å². The SMILES string of the molecule is C=CC1C(=O)CCC12CCCCC2. The molecular formula is C12H18O. The number of rotatable bonds is 1. The molecule has 0 aromatic carbocycles. The van der Waals surface area contributed by atoms with E-state index in [1.807, 2.05) is 6.08 Å². The molecule has 0 saturated heterocycles. The number of allylic oxidation sites excluding steroid dienone is 1. The van der Waals surface area contributed by atoms with Crippen LogP contribution < -0.4 is 0 Å². The first-order chi connectivity index (χ1) is 6.28. The summed E-state index contributed by atoms with van der Waals surface area (Å²) in [6.07, 6.45) is 10.3. The van der Waals surface area contributed by atoms with Crippen LogP contribution in [-0.2, 0) is 4.79 Å².